The smallest absolute Gasteiger partial charge is 0.243 e. The van der Waals surface area contributed by atoms with Crippen molar-refractivity contribution in [3.8, 4) is 11.5 Å². The van der Waals surface area contributed by atoms with Crippen molar-refractivity contribution in [2.75, 3.05) is 33.1 Å². The molecule has 0 radical (unpaired) electrons. The maximum absolute atomic E-state index is 13.6. The standard InChI is InChI=1S/C25H29N3O7S2/c1-18-10-11-20(36(30,31)26-2)14-22(18)27-25(29)17-28(16-19-8-6-5-7-9-19)37(32,33)21-12-13-23(34-3)24(15-21)35-4/h5-15,26H,16-17H2,1-4H3,(H,27,29). The Bertz CT molecular complexity index is 1480. The van der Waals surface area contributed by atoms with Crippen LogP contribution in [0.25, 0.3) is 0 Å². The molecular formula is C25H29N3O7S2. The number of ether oxygens (including phenoxy) is 2. The van der Waals surface area contributed by atoms with E-state index in [1.807, 2.05) is 0 Å². The summed E-state index contributed by atoms with van der Waals surface area (Å²) in [7, 11) is -3.77. The molecule has 10 nitrogen and oxygen atoms in total. The Balaban J connectivity index is 1.95. The average molecular weight is 548 g/mol. The van der Waals surface area contributed by atoms with Gasteiger partial charge in [0.15, 0.2) is 11.5 Å². The number of hydrogen-bond donors (Lipinski definition) is 2. The lowest BCUT2D eigenvalue weighted by atomic mass is 10.2. The van der Waals surface area contributed by atoms with E-state index in [1.54, 1.807) is 43.3 Å². The molecule has 0 saturated carbocycles. The molecule has 0 saturated heterocycles. The van der Waals surface area contributed by atoms with Crippen molar-refractivity contribution in [1.29, 1.82) is 0 Å². The third-order valence-corrected chi connectivity index (χ3v) is 8.78. The van der Waals surface area contributed by atoms with Gasteiger partial charge in [0.2, 0.25) is 26.0 Å². The molecule has 1 amide bonds. The van der Waals surface area contributed by atoms with Gasteiger partial charge in [0, 0.05) is 18.3 Å². The van der Waals surface area contributed by atoms with E-state index in [2.05, 4.69) is 10.0 Å². The number of carbonyl (C=O) groups excluding carboxylic acids is 1. The summed E-state index contributed by atoms with van der Waals surface area (Å²) in [4.78, 5) is 13.0. The molecule has 0 aliphatic carbocycles. The lowest BCUT2D eigenvalue weighted by molar-refractivity contribution is -0.116. The summed E-state index contributed by atoms with van der Waals surface area (Å²) >= 11 is 0. The van der Waals surface area contributed by atoms with Gasteiger partial charge < -0.3 is 14.8 Å². The molecule has 0 heterocycles. The topological polar surface area (TPSA) is 131 Å². The van der Waals surface area contributed by atoms with Gasteiger partial charge in [-0.2, -0.15) is 4.31 Å². The van der Waals surface area contributed by atoms with Crippen LogP contribution in [0.3, 0.4) is 0 Å². The minimum atomic E-state index is -4.16. The molecule has 0 aromatic heterocycles. The van der Waals surface area contributed by atoms with Gasteiger partial charge in [-0.25, -0.2) is 21.6 Å². The molecule has 3 rings (SSSR count). The fourth-order valence-electron chi connectivity index (χ4n) is 3.51. The first-order valence-corrected chi connectivity index (χ1v) is 14.0. The second-order valence-electron chi connectivity index (χ2n) is 8.01. The molecule has 0 bridgehead atoms. The minimum absolute atomic E-state index is 0.0324. The summed E-state index contributed by atoms with van der Waals surface area (Å²) in [6.45, 7) is 1.11. The quantitative estimate of drug-likeness (QED) is 0.377. The molecule has 3 aromatic rings. The van der Waals surface area contributed by atoms with Crippen molar-refractivity contribution in [3.63, 3.8) is 0 Å². The van der Waals surface area contributed by atoms with E-state index < -0.39 is 32.5 Å². The third-order valence-electron chi connectivity index (χ3n) is 5.58. The maximum atomic E-state index is 13.6. The number of hydrogen-bond acceptors (Lipinski definition) is 7. The number of methoxy groups -OCH3 is 2. The number of aryl methyl sites for hydroxylation is 1. The third kappa shape index (κ3) is 6.66. The van der Waals surface area contributed by atoms with Crippen LogP contribution in [0.1, 0.15) is 11.1 Å². The Hall–Kier alpha value is -3.45. The van der Waals surface area contributed by atoms with Gasteiger partial charge in [0.1, 0.15) is 0 Å². The van der Waals surface area contributed by atoms with Crippen molar-refractivity contribution in [3.05, 3.63) is 77.9 Å². The van der Waals surface area contributed by atoms with Gasteiger partial charge in [-0.15, -0.1) is 0 Å². The first kappa shape index (κ1) is 28.1. The zero-order valence-corrected chi connectivity index (χ0v) is 22.5. The largest absolute Gasteiger partial charge is 0.493 e. The molecule has 0 fully saturated rings. The molecule has 0 unspecified atom stereocenters. The van der Waals surface area contributed by atoms with Crippen molar-refractivity contribution >= 4 is 31.6 Å². The number of sulfonamides is 2. The fourth-order valence-corrected chi connectivity index (χ4v) is 5.67. The van der Waals surface area contributed by atoms with Crippen LogP contribution in [0.5, 0.6) is 11.5 Å². The van der Waals surface area contributed by atoms with E-state index in [1.165, 1.54) is 51.6 Å². The number of rotatable bonds is 11. The molecule has 198 valence electrons. The van der Waals surface area contributed by atoms with Crippen molar-refractivity contribution in [1.82, 2.24) is 9.03 Å². The number of carbonyl (C=O) groups is 1. The van der Waals surface area contributed by atoms with Crippen molar-refractivity contribution in [2.24, 2.45) is 0 Å². The van der Waals surface area contributed by atoms with E-state index in [4.69, 9.17) is 9.47 Å². The molecule has 37 heavy (non-hydrogen) atoms. The predicted molar refractivity (Wildman–Crippen MR) is 140 cm³/mol. The summed E-state index contributed by atoms with van der Waals surface area (Å²) in [5.41, 5.74) is 1.54. The molecule has 3 aromatic carbocycles. The summed E-state index contributed by atoms with van der Waals surface area (Å²) in [6, 6.07) is 17.3. The van der Waals surface area contributed by atoms with Crippen LogP contribution >= 0.6 is 0 Å². The van der Waals surface area contributed by atoms with Crippen molar-refractivity contribution in [2.45, 2.75) is 23.3 Å². The Kier molecular flexibility index (Phi) is 8.92. The van der Waals surface area contributed by atoms with Crippen LogP contribution in [0.4, 0.5) is 5.69 Å². The van der Waals surface area contributed by atoms with Crippen LogP contribution in [-0.2, 0) is 31.4 Å². The molecule has 0 spiro atoms. The monoisotopic (exact) mass is 547 g/mol. The summed E-state index contributed by atoms with van der Waals surface area (Å²) in [6.07, 6.45) is 0. The van der Waals surface area contributed by atoms with Crippen LogP contribution in [0.2, 0.25) is 0 Å². The molecule has 0 atom stereocenters. The second-order valence-corrected chi connectivity index (χ2v) is 11.8. The minimum Gasteiger partial charge on any atom is -0.493 e. The summed E-state index contributed by atoms with van der Waals surface area (Å²) < 4.78 is 65.4. The molecular weight excluding hydrogens is 518 g/mol. The van der Waals surface area contributed by atoms with Crippen LogP contribution in [-0.4, -0.2) is 54.9 Å². The Morgan fingerprint density at radius 1 is 0.865 bits per heavy atom. The highest BCUT2D eigenvalue weighted by Gasteiger charge is 2.28. The van der Waals surface area contributed by atoms with Crippen molar-refractivity contribution < 1.29 is 31.1 Å². The number of anilines is 1. The van der Waals surface area contributed by atoms with E-state index >= 15 is 0 Å². The normalized spacial score (nSPS) is 11.8. The Morgan fingerprint density at radius 2 is 1.51 bits per heavy atom. The molecule has 2 N–H and O–H groups in total. The van der Waals surface area contributed by atoms with Gasteiger partial charge >= 0.3 is 0 Å². The lowest BCUT2D eigenvalue weighted by Gasteiger charge is -2.23. The highest BCUT2D eigenvalue weighted by molar-refractivity contribution is 7.89. The van der Waals surface area contributed by atoms with Crippen LogP contribution < -0.4 is 19.5 Å². The number of nitrogens with zero attached hydrogens (tertiary/aromatic N) is 1. The zero-order chi connectivity index (χ0) is 27.2. The SMILES string of the molecule is CNS(=O)(=O)c1ccc(C)c(NC(=O)CN(Cc2ccccc2)S(=O)(=O)c2ccc(OC)c(OC)c2)c1. The maximum Gasteiger partial charge on any atom is 0.243 e. The number of amides is 1. The molecule has 0 aliphatic heterocycles. The van der Waals surface area contributed by atoms with Gasteiger partial charge in [-0.1, -0.05) is 36.4 Å². The van der Waals surface area contributed by atoms with E-state index in [-0.39, 0.29) is 27.8 Å². The second kappa shape index (κ2) is 11.7. The Morgan fingerprint density at radius 3 is 2.14 bits per heavy atom. The van der Waals surface area contributed by atoms with E-state index in [9.17, 15) is 21.6 Å². The highest BCUT2D eigenvalue weighted by atomic mass is 32.2. The summed E-state index contributed by atoms with van der Waals surface area (Å²) in [5, 5.41) is 2.65. The van der Waals surface area contributed by atoms with Gasteiger partial charge in [-0.3, -0.25) is 4.79 Å². The van der Waals surface area contributed by atoms with E-state index in [0.29, 0.717) is 16.9 Å². The van der Waals surface area contributed by atoms with Gasteiger partial charge in [-0.05, 0) is 49.4 Å². The number of nitrogens with one attached hydrogen (secondary N) is 2. The Labute approximate surface area is 217 Å². The van der Waals surface area contributed by atoms with Crippen LogP contribution in [0.15, 0.2) is 76.5 Å². The van der Waals surface area contributed by atoms with Gasteiger partial charge in [0.05, 0.1) is 30.6 Å². The first-order valence-electron chi connectivity index (χ1n) is 11.1. The molecule has 12 heteroatoms. The predicted octanol–water partition coefficient (Wildman–Crippen LogP) is 2.75. The highest BCUT2D eigenvalue weighted by Crippen LogP contribution is 2.31. The van der Waals surface area contributed by atoms with Gasteiger partial charge in [0.25, 0.3) is 0 Å². The van der Waals surface area contributed by atoms with E-state index in [0.717, 1.165) is 4.31 Å². The molecule has 0 aliphatic rings. The lowest BCUT2D eigenvalue weighted by Crippen LogP contribution is -2.37. The number of benzene rings is 3. The zero-order valence-electron chi connectivity index (χ0n) is 20.9. The summed E-state index contributed by atoms with van der Waals surface area (Å²) in [5.74, 6) is -0.0476. The average Bonchev–Trinajstić information content (AvgIpc) is 2.89. The first-order chi connectivity index (χ1) is 17.5. The van der Waals surface area contributed by atoms with Crippen LogP contribution in [0, 0.1) is 6.92 Å². The fraction of sp³-hybridized carbons (Fsp3) is 0.240.